The number of rotatable bonds is 3. The van der Waals surface area contributed by atoms with Crippen molar-refractivity contribution in [2.45, 2.75) is 12.5 Å². The molecule has 0 saturated carbocycles. The molecule has 1 N–H and O–H groups in total. The van der Waals surface area contributed by atoms with Gasteiger partial charge in [-0.2, -0.15) is 5.26 Å². The Morgan fingerprint density at radius 3 is 2.29 bits per heavy atom. The van der Waals surface area contributed by atoms with E-state index in [2.05, 4.69) is 29.6 Å². The molecular weight excluding hydrogens is 256 g/mol. The van der Waals surface area contributed by atoms with Crippen LogP contribution in [0.4, 0.5) is 5.69 Å². The van der Waals surface area contributed by atoms with Crippen molar-refractivity contribution in [1.29, 1.82) is 5.26 Å². The Morgan fingerprint density at radius 1 is 0.857 bits per heavy atom. The van der Waals surface area contributed by atoms with E-state index in [1.165, 1.54) is 0 Å². The molecule has 2 nitrogen and oxygen atoms in total. The van der Waals surface area contributed by atoms with Gasteiger partial charge in [-0.3, -0.25) is 0 Å². The van der Waals surface area contributed by atoms with Gasteiger partial charge in [-0.25, -0.2) is 0 Å². The van der Waals surface area contributed by atoms with Gasteiger partial charge >= 0.3 is 0 Å². The van der Waals surface area contributed by atoms with Crippen molar-refractivity contribution in [2.24, 2.45) is 0 Å². The van der Waals surface area contributed by atoms with E-state index in [1.807, 2.05) is 61.5 Å². The average Bonchev–Trinajstić information content (AvgIpc) is 2.55. The van der Waals surface area contributed by atoms with E-state index in [0.29, 0.717) is 0 Å². The third-order valence-corrected chi connectivity index (χ3v) is 3.72. The second-order valence-corrected chi connectivity index (χ2v) is 5.25. The van der Waals surface area contributed by atoms with Crippen LogP contribution >= 0.6 is 0 Å². The lowest BCUT2D eigenvalue weighted by Gasteiger charge is -2.26. The van der Waals surface area contributed by atoms with Gasteiger partial charge in [0.05, 0.1) is 6.07 Å². The van der Waals surface area contributed by atoms with Gasteiger partial charge in [-0.15, -0.1) is 0 Å². The third-order valence-electron chi connectivity index (χ3n) is 3.72. The third kappa shape index (κ3) is 2.46. The molecule has 0 aliphatic carbocycles. The van der Waals surface area contributed by atoms with Crippen LogP contribution in [-0.2, 0) is 5.54 Å². The monoisotopic (exact) mass is 272 g/mol. The molecule has 1 unspecified atom stereocenters. The van der Waals surface area contributed by atoms with Gasteiger partial charge in [0.1, 0.15) is 5.54 Å². The van der Waals surface area contributed by atoms with E-state index in [9.17, 15) is 5.26 Å². The first kappa shape index (κ1) is 13.2. The molecule has 2 heteroatoms. The largest absolute Gasteiger partial charge is 0.364 e. The minimum atomic E-state index is -0.776. The lowest BCUT2D eigenvalue weighted by molar-refractivity contribution is 0.713. The Labute approximate surface area is 124 Å². The van der Waals surface area contributed by atoms with Gasteiger partial charge in [-0.05, 0) is 35.4 Å². The summed E-state index contributed by atoms with van der Waals surface area (Å²) in [5, 5.41) is 15.3. The molecule has 3 aromatic carbocycles. The maximum Gasteiger partial charge on any atom is 0.148 e. The van der Waals surface area contributed by atoms with Crippen LogP contribution in [0.2, 0.25) is 0 Å². The molecule has 0 aromatic heterocycles. The summed E-state index contributed by atoms with van der Waals surface area (Å²) in [5.74, 6) is 0. The Balaban J connectivity index is 2.12. The molecule has 0 fully saturated rings. The first-order chi connectivity index (χ1) is 10.2. The van der Waals surface area contributed by atoms with Crippen LogP contribution in [0.15, 0.2) is 72.8 Å². The minimum absolute atomic E-state index is 0.776. The summed E-state index contributed by atoms with van der Waals surface area (Å²) in [6.07, 6.45) is 0. The topological polar surface area (TPSA) is 35.8 Å². The molecule has 0 spiro atoms. The number of hydrogen-bond acceptors (Lipinski definition) is 2. The molecular formula is C19H16N2. The summed E-state index contributed by atoms with van der Waals surface area (Å²) >= 11 is 0. The highest BCUT2D eigenvalue weighted by Gasteiger charge is 2.27. The molecule has 0 bridgehead atoms. The van der Waals surface area contributed by atoms with Gasteiger partial charge in [-0.1, -0.05) is 60.7 Å². The first-order valence-electron chi connectivity index (χ1n) is 6.96. The predicted octanol–water partition coefficient (Wildman–Crippen LogP) is 4.69. The molecule has 21 heavy (non-hydrogen) atoms. The Bertz CT molecular complexity index is 797. The Morgan fingerprint density at radius 2 is 1.52 bits per heavy atom. The molecule has 3 aromatic rings. The molecule has 0 aliphatic rings. The van der Waals surface area contributed by atoms with Crippen LogP contribution in [0.1, 0.15) is 12.5 Å². The number of anilines is 1. The van der Waals surface area contributed by atoms with Crippen molar-refractivity contribution in [3.05, 3.63) is 78.4 Å². The van der Waals surface area contributed by atoms with Crippen LogP contribution in [-0.4, -0.2) is 0 Å². The van der Waals surface area contributed by atoms with Crippen LogP contribution in [0.5, 0.6) is 0 Å². The maximum atomic E-state index is 9.75. The van der Waals surface area contributed by atoms with Crippen LogP contribution in [0.25, 0.3) is 10.8 Å². The van der Waals surface area contributed by atoms with E-state index >= 15 is 0 Å². The molecule has 1 atom stereocenters. The summed E-state index contributed by atoms with van der Waals surface area (Å²) in [7, 11) is 0. The van der Waals surface area contributed by atoms with Crippen molar-refractivity contribution in [2.75, 3.05) is 5.32 Å². The summed E-state index contributed by atoms with van der Waals surface area (Å²) in [6, 6.07) is 26.5. The van der Waals surface area contributed by atoms with E-state index in [0.717, 1.165) is 22.0 Å². The second kappa shape index (κ2) is 5.30. The Hall–Kier alpha value is -2.79. The fourth-order valence-electron chi connectivity index (χ4n) is 2.63. The van der Waals surface area contributed by atoms with Crippen LogP contribution < -0.4 is 5.32 Å². The molecule has 0 heterocycles. The Kier molecular flexibility index (Phi) is 3.33. The number of nitriles is 1. The smallest absolute Gasteiger partial charge is 0.148 e. The van der Waals surface area contributed by atoms with Crippen LogP contribution in [0.3, 0.4) is 0 Å². The number of fused-ring (bicyclic) bond motifs is 1. The van der Waals surface area contributed by atoms with E-state index < -0.39 is 5.54 Å². The van der Waals surface area contributed by atoms with Gasteiger partial charge in [0.25, 0.3) is 0 Å². The standard InChI is InChI=1S/C19H16N2/c1-19(14-20,21-16-10-3-2-4-11-16)18-13-7-9-15-8-5-6-12-17(15)18/h2-13,21H,1H3. The zero-order chi connectivity index (χ0) is 14.7. The van der Waals surface area contributed by atoms with E-state index in [4.69, 9.17) is 0 Å². The first-order valence-corrected chi connectivity index (χ1v) is 6.96. The average molecular weight is 272 g/mol. The molecule has 0 amide bonds. The van der Waals surface area contributed by atoms with E-state index in [1.54, 1.807) is 0 Å². The van der Waals surface area contributed by atoms with Crippen molar-refractivity contribution < 1.29 is 0 Å². The van der Waals surface area contributed by atoms with Crippen molar-refractivity contribution in [3.8, 4) is 6.07 Å². The quantitative estimate of drug-likeness (QED) is 0.750. The lowest BCUT2D eigenvalue weighted by Crippen LogP contribution is -2.30. The van der Waals surface area contributed by atoms with Gasteiger partial charge in [0, 0.05) is 5.69 Å². The highest BCUT2D eigenvalue weighted by Crippen LogP contribution is 2.31. The molecule has 102 valence electrons. The number of nitrogens with zero attached hydrogens (tertiary/aromatic N) is 1. The highest BCUT2D eigenvalue weighted by molar-refractivity contribution is 5.87. The van der Waals surface area contributed by atoms with Gasteiger partial charge in [0.2, 0.25) is 0 Å². The van der Waals surface area contributed by atoms with Gasteiger partial charge in [0.15, 0.2) is 0 Å². The summed E-state index contributed by atoms with van der Waals surface area (Å²) in [5.41, 5.74) is 1.16. The summed E-state index contributed by atoms with van der Waals surface area (Å²) in [4.78, 5) is 0. The fourth-order valence-corrected chi connectivity index (χ4v) is 2.63. The summed E-state index contributed by atoms with van der Waals surface area (Å²) in [6.45, 7) is 1.92. The summed E-state index contributed by atoms with van der Waals surface area (Å²) < 4.78 is 0. The molecule has 3 rings (SSSR count). The molecule has 0 aliphatic heterocycles. The van der Waals surface area contributed by atoms with Crippen molar-refractivity contribution >= 4 is 16.5 Å². The fraction of sp³-hybridized carbons (Fsp3) is 0.105. The number of benzene rings is 3. The highest BCUT2D eigenvalue weighted by atomic mass is 15.0. The minimum Gasteiger partial charge on any atom is -0.364 e. The van der Waals surface area contributed by atoms with Crippen molar-refractivity contribution in [3.63, 3.8) is 0 Å². The SMILES string of the molecule is CC(C#N)(Nc1ccccc1)c1cccc2ccccc12. The zero-order valence-electron chi connectivity index (χ0n) is 11.9. The lowest BCUT2D eigenvalue weighted by atomic mass is 9.88. The normalized spacial score (nSPS) is 13.3. The van der Waals surface area contributed by atoms with E-state index in [-0.39, 0.29) is 0 Å². The molecule has 0 radical (unpaired) electrons. The molecule has 0 saturated heterocycles. The van der Waals surface area contributed by atoms with Crippen molar-refractivity contribution in [1.82, 2.24) is 0 Å². The van der Waals surface area contributed by atoms with Crippen LogP contribution in [0, 0.1) is 11.3 Å². The maximum absolute atomic E-state index is 9.75. The van der Waals surface area contributed by atoms with Gasteiger partial charge < -0.3 is 5.32 Å². The number of nitrogens with one attached hydrogen (secondary N) is 1. The second-order valence-electron chi connectivity index (χ2n) is 5.25. The zero-order valence-corrected chi connectivity index (χ0v) is 11.9. The predicted molar refractivity (Wildman–Crippen MR) is 87.0 cm³/mol. The number of para-hydroxylation sites is 1. The number of hydrogen-bond donors (Lipinski definition) is 1.